The summed E-state index contributed by atoms with van der Waals surface area (Å²) >= 11 is 0. The minimum Gasteiger partial charge on any atom is -0.379 e. The summed E-state index contributed by atoms with van der Waals surface area (Å²) < 4.78 is 31.9. The maximum absolute atomic E-state index is 12.7. The Hall–Kier alpha value is -2.82. The van der Waals surface area contributed by atoms with Gasteiger partial charge in [0.25, 0.3) is 5.69 Å². The quantitative estimate of drug-likeness (QED) is 0.420. The van der Waals surface area contributed by atoms with Crippen molar-refractivity contribution >= 4 is 27.6 Å². The molecule has 0 aromatic heterocycles. The normalized spacial score (nSPS) is 16.6. The maximum atomic E-state index is 12.7. The van der Waals surface area contributed by atoms with Crippen LogP contribution in [0.25, 0.3) is 0 Å². The van der Waals surface area contributed by atoms with Gasteiger partial charge in [0.15, 0.2) is 0 Å². The van der Waals surface area contributed by atoms with E-state index in [1.54, 1.807) is 6.21 Å². The van der Waals surface area contributed by atoms with Gasteiger partial charge < -0.3 is 4.74 Å². The summed E-state index contributed by atoms with van der Waals surface area (Å²) in [7, 11) is -3.82. The van der Waals surface area contributed by atoms with Crippen LogP contribution in [0.5, 0.6) is 0 Å². The third-order valence-corrected chi connectivity index (χ3v) is 6.48. The molecule has 9 nitrogen and oxygen atoms in total. The molecule has 1 aliphatic heterocycles. The number of hydrogen-bond donors (Lipinski definition) is 1. The molecule has 0 aliphatic carbocycles. The molecule has 154 valence electrons. The van der Waals surface area contributed by atoms with Crippen LogP contribution in [0.2, 0.25) is 0 Å². The number of hydrogen-bond acceptors (Lipinski definition) is 7. The van der Waals surface area contributed by atoms with E-state index in [-0.39, 0.29) is 35.3 Å². The summed E-state index contributed by atoms with van der Waals surface area (Å²) in [6.45, 7) is 2.99. The number of morpholine rings is 1. The Balaban J connectivity index is 1.79. The average Bonchev–Trinajstić information content (AvgIpc) is 2.74. The first-order valence-electron chi connectivity index (χ1n) is 9.10. The van der Waals surface area contributed by atoms with Crippen molar-refractivity contribution in [3.63, 3.8) is 0 Å². The molecule has 1 N–H and O–H groups in total. The molecule has 1 heterocycles. The Labute approximate surface area is 169 Å². The van der Waals surface area contributed by atoms with E-state index in [2.05, 4.69) is 10.5 Å². The lowest BCUT2D eigenvalue weighted by atomic mass is 10.0. The van der Waals surface area contributed by atoms with E-state index >= 15 is 0 Å². The zero-order chi connectivity index (χ0) is 20.9. The van der Waals surface area contributed by atoms with Crippen molar-refractivity contribution in [1.82, 2.24) is 4.31 Å². The molecule has 0 radical (unpaired) electrons. The zero-order valence-corrected chi connectivity index (χ0v) is 16.7. The molecule has 1 aliphatic rings. The number of benzene rings is 2. The molecule has 1 fully saturated rings. The summed E-state index contributed by atoms with van der Waals surface area (Å²) in [5.74, 6) is 0.00345. The highest BCUT2D eigenvalue weighted by Crippen LogP contribution is 2.29. The highest BCUT2D eigenvalue weighted by atomic mass is 32.2. The molecule has 1 unspecified atom stereocenters. The Bertz CT molecular complexity index is 989. The molecule has 1 atom stereocenters. The lowest BCUT2D eigenvalue weighted by molar-refractivity contribution is -0.384. The van der Waals surface area contributed by atoms with Crippen LogP contribution in [0, 0.1) is 10.1 Å². The topological polar surface area (TPSA) is 114 Å². The SMILES string of the molecule is CC(/C=N/Nc1ccc(S(=O)(=O)N2CCOCC2)cc1[N+](=O)[O-])c1ccccc1. The molecule has 3 rings (SSSR count). The molecule has 0 saturated carbocycles. The van der Waals surface area contributed by atoms with E-state index in [1.165, 1.54) is 16.4 Å². The largest absolute Gasteiger partial charge is 0.379 e. The number of sulfonamides is 1. The Kier molecular flexibility index (Phi) is 6.57. The summed E-state index contributed by atoms with van der Waals surface area (Å²) in [6, 6.07) is 13.4. The summed E-state index contributed by atoms with van der Waals surface area (Å²) in [6.07, 6.45) is 1.64. The highest BCUT2D eigenvalue weighted by Gasteiger charge is 2.28. The fourth-order valence-electron chi connectivity index (χ4n) is 2.91. The number of ether oxygens (including phenoxy) is 1. The monoisotopic (exact) mass is 418 g/mol. The van der Waals surface area contributed by atoms with Crippen LogP contribution in [-0.4, -0.2) is 50.2 Å². The second-order valence-electron chi connectivity index (χ2n) is 6.54. The Morgan fingerprint density at radius 3 is 2.55 bits per heavy atom. The average molecular weight is 418 g/mol. The van der Waals surface area contributed by atoms with Crippen LogP contribution < -0.4 is 5.43 Å². The molecular weight excluding hydrogens is 396 g/mol. The molecule has 2 aromatic rings. The molecule has 1 saturated heterocycles. The molecule has 0 bridgehead atoms. The lowest BCUT2D eigenvalue weighted by Gasteiger charge is -2.26. The van der Waals surface area contributed by atoms with Gasteiger partial charge in [-0.3, -0.25) is 15.5 Å². The summed E-state index contributed by atoms with van der Waals surface area (Å²) in [5, 5.41) is 15.6. The van der Waals surface area contributed by atoms with Crippen molar-refractivity contribution in [2.75, 3.05) is 31.7 Å². The fraction of sp³-hybridized carbons (Fsp3) is 0.316. The van der Waals surface area contributed by atoms with Gasteiger partial charge in [-0.05, 0) is 17.7 Å². The van der Waals surface area contributed by atoms with Gasteiger partial charge in [0.05, 0.1) is 23.0 Å². The third kappa shape index (κ3) is 4.97. The van der Waals surface area contributed by atoms with Gasteiger partial charge in [-0.25, -0.2) is 8.42 Å². The van der Waals surface area contributed by atoms with E-state index in [1.807, 2.05) is 37.3 Å². The van der Waals surface area contributed by atoms with Crippen LogP contribution in [-0.2, 0) is 14.8 Å². The molecule has 29 heavy (non-hydrogen) atoms. The number of anilines is 1. The molecule has 2 aromatic carbocycles. The first kappa shape index (κ1) is 20.9. The smallest absolute Gasteiger partial charge is 0.295 e. The van der Waals surface area contributed by atoms with E-state index in [0.717, 1.165) is 11.6 Å². The first-order valence-corrected chi connectivity index (χ1v) is 10.5. The molecule has 10 heteroatoms. The fourth-order valence-corrected chi connectivity index (χ4v) is 4.34. The lowest BCUT2D eigenvalue weighted by Crippen LogP contribution is -2.40. The predicted octanol–water partition coefficient (Wildman–Crippen LogP) is 2.82. The van der Waals surface area contributed by atoms with Crippen molar-refractivity contribution in [2.45, 2.75) is 17.7 Å². The summed E-state index contributed by atoms with van der Waals surface area (Å²) in [5.41, 5.74) is 3.47. The Morgan fingerprint density at radius 2 is 1.90 bits per heavy atom. The number of nitro groups is 1. The van der Waals surface area contributed by atoms with Gasteiger partial charge in [0.2, 0.25) is 10.0 Å². The van der Waals surface area contributed by atoms with Crippen LogP contribution in [0.3, 0.4) is 0 Å². The van der Waals surface area contributed by atoms with Crippen molar-refractivity contribution in [1.29, 1.82) is 0 Å². The minimum atomic E-state index is -3.82. The number of nitrogens with zero attached hydrogens (tertiary/aromatic N) is 3. The van der Waals surface area contributed by atoms with Crippen molar-refractivity contribution in [3.8, 4) is 0 Å². The van der Waals surface area contributed by atoms with Gasteiger partial charge in [0, 0.05) is 31.3 Å². The Morgan fingerprint density at radius 1 is 1.21 bits per heavy atom. The minimum absolute atomic E-state index is 0.00345. The van der Waals surface area contributed by atoms with Crippen molar-refractivity contribution < 1.29 is 18.1 Å². The number of rotatable bonds is 7. The summed E-state index contributed by atoms with van der Waals surface area (Å²) in [4.78, 5) is 10.7. The van der Waals surface area contributed by atoms with Gasteiger partial charge in [-0.2, -0.15) is 9.41 Å². The van der Waals surface area contributed by atoms with Crippen molar-refractivity contribution in [2.24, 2.45) is 5.10 Å². The van der Waals surface area contributed by atoms with Crippen LogP contribution >= 0.6 is 0 Å². The van der Waals surface area contributed by atoms with Gasteiger partial charge in [-0.1, -0.05) is 37.3 Å². The van der Waals surface area contributed by atoms with Gasteiger partial charge in [-0.15, -0.1) is 0 Å². The van der Waals surface area contributed by atoms with Gasteiger partial charge in [0.1, 0.15) is 5.69 Å². The molecular formula is C19H22N4O5S. The molecule has 0 amide bonds. The molecule has 0 spiro atoms. The van der Waals surface area contributed by atoms with Crippen LogP contribution in [0.15, 0.2) is 58.5 Å². The highest BCUT2D eigenvalue weighted by molar-refractivity contribution is 7.89. The number of hydrazone groups is 1. The van der Waals surface area contributed by atoms with Gasteiger partial charge >= 0.3 is 0 Å². The number of nitrogens with one attached hydrogen (secondary N) is 1. The standard InChI is InChI=1S/C19H22N4O5S/c1-15(16-5-3-2-4-6-16)14-20-21-18-8-7-17(13-19(18)23(24)25)29(26,27)22-9-11-28-12-10-22/h2-8,13-15,21H,9-12H2,1H3/b20-14+. The van der Waals surface area contributed by atoms with Crippen LogP contribution in [0.1, 0.15) is 18.4 Å². The van der Waals surface area contributed by atoms with Crippen LogP contribution in [0.4, 0.5) is 11.4 Å². The van der Waals surface area contributed by atoms with E-state index in [0.29, 0.717) is 13.2 Å². The number of nitro benzene ring substituents is 1. The van der Waals surface area contributed by atoms with E-state index < -0.39 is 14.9 Å². The van der Waals surface area contributed by atoms with Crippen molar-refractivity contribution in [3.05, 3.63) is 64.2 Å². The third-order valence-electron chi connectivity index (χ3n) is 4.58. The van der Waals surface area contributed by atoms with E-state index in [4.69, 9.17) is 4.74 Å². The first-order chi connectivity index (χ1) is 13.9. The predicted molar refractivity (Wildman–Crippen MR) is 110 cm³/mol. The van der Waals surface area contributed by atoms with E-state index in [9.17, 15) is 18.5 Å². The maximum Gasteiger partial charge on any atom is 0.295 e. The zero-order valence-electron chi connectivity index (χ0n) is 15.9. The second kappa shape index (κ2) is 9.12. The second-order valence-corrected chi connectivity index (χ2v) is 8.48.